The highest BCUT2D eigenvalue weighted by atomic mass is 32.1. The molecule has 0 saturated carbocycles. The maximum absolute atomic E-state index is 12.7. The molecule has 3 aromatic rings. The maximum Gasteiger partial charge on any atom is 0.257 e. The number of carbonyl (C=O) groups is 2. The van der Waals surface area contributed by atoms with Gasteiger partial charge in [0.15, 0.2) is 5.11 Å². The van der Waals surface area contributed by atoms with Crippen LogP contribution in [-0.4, -0.2) is 48.4 Å². The van der Waals surface area contributed by atoms with Crippen molar-refractivity contribution in [2.24, 2.45) is 0 Å². The van der Waals surface area contributed by atoms with Crippen molar-refractivity contribution in [3.05, 3.63) is 90.0 Å². The number of amides is 2. The Hall–Kier alpha value is -3.95. The van der Waals surface area contributed by atoms with E-state index in [4.69, 9.17) is 26.8 Å². The summed E-state index contributed by atoms with van der Waals surface area (Å²) in [5, 5.41) is 17.2. The Morgan fingerprint density at radius 1 is 0.829 bits per heavy atom. The Morgan fingerprint density at radius 3 is 2.29 bits per heavy atom. The lowest BCUT2D eigenvalue weighted by molar-refractivity contribution is 0.0950. The zero-order valence-corrected chi connectivity index (χ0v) is 19.8. The van der Waals surface area contributed by atoms with Crippen molar-refractivity contribution in [3.63, 3.8) is 0 Å². The van der Waals surface area contributed by atoms with Gasteiger partial charge in [0, 0.05) is 18.7 Å². The number of rotatable bonds is 11. The van der Waals surface area contributed by atoms with E-state index in [0.717, 1.165) is 5.75 Å². The number of hydrogen-bond acceptors (Lipinski definition) is 6. The minimum absolute atomic E-state index is 0.00992. The molecule has 0 aliphatic heterocycles. The summed E-state index contributed by atoms with van der Waals surface area (Å²) in [7, 11) is 0. The maximum atomic E-state index is 12.7. The van der Waals surface area contributed by atoms with Crippen LogP contribution in [0.5, 0.6) is 11.5 Å². The van der Waals surface area contributed by atoms with Crippen molar-refractivity contribution in [2.45, 2.75) is 6.42 Å². The first-order valence-corrected chi connectivity index (χ1v) is 11.5. The van der Waals surface area contributed by atoms with Crippen molar-refractivity contribution in [2.75, 3.05) is 31.7 Å². The fourth-order valence-electron chi connectivity index (χ4n) is 3.06. The van der Waals surface area contributed by atoms with Gasteiger partial charge >= 0.3 is 0 Å². The summed E-state index contributed by atoms with van der Waals surface area (Å²) >= 11 is 5.27. The van der Waals surface area contributed by atoms with E-state index < -0.39 is 5.91 Å². The predicted molar refractivity (Wildman–Crippen MR) is 138 cm³/mol. The SMILES string of the molecule is O=C(NC(=S)Nc1ccccc1C(=O)NCCCO)c1cccc(OCCOc2ccccc2)c1. The van der Waals surface area contributed by atoms with Gasteiger partial charge in [0.25, 0.3) is 11.8 Å². The zero-order chi connectivity index (χ0) is 24.9. The highest BCUT2D eigenvalue weighted by Crippen LogP contribution is 2.16. The molecule has 35 heavy (non-hydrogen) atoms. The quantitative estimate of drug-likeness (QED) is 0.240. The molecule has 2 amide bonds. The predicted octanol–water partition coefficient (Wildman–Crippen LogP) is 3.38. The van der Waals surface area contributed by atoms with Crippen LogP contribution in [0.25, 0.3) is 0 Å². The second kappa shape index (κ2) is 13.7. The summed E-state index contributed by atoms with van der Waals surface area (Å²) in [6.07, 6.45) is 0.457. The summed E-state index contributed by atoms with van der Waals surface area (Å²) in [5.41, 5.74) is 1.19. The fourth-order valence-corrected chi connectivity index (χ4v) is 3.26. The van der Waals surface area contributed by atoms with Crippen LogP contribution in [-0.2, 0) is 0 Å². The number of carbonyl (C=O) groups excluding carboxylic acids is 2. The van der Waals surface area contributed by atoms with Gasteiger partial charge in [-0.25, -0.2) is 0 Å². The molecule has 0 unspecified atom stereocenters. The van der Waals surface area contributed by atoms with Crippen molar-refractivity contribution in [1.82, 2.24) is 10.6 Å². The molecular formula is C26H27N3O5S. The van der Waals surface area contributed by atoms with Crippen LogP contribution in [0.2, 0.25) is 0 Å². The minimum atomic E-state index is -0.418. The lowest BCUT2D eigenvalue weighted by Gasteiger charge is -2.14. The lowest BCUT2D eigenvalue weighted by Crippen LogP contribution is -2.35. The summed E-state index contributed by atoms with van der Waals surface area (Å²) in [5.74, 6) is 0.558. The fraction of sp³-hybridized carbons (Fsp3) is 0.192. The monoisotopic (exact) mass is 493 g/mol. The molecule has 0 aromatic heterocycles. The largest absolute Gasteiger partial charge is 0.490 e. The van der Waals surface area contributed by atoms with Gasteiger partial charge in [-0.15, -0.1) is 0 Å². The molecule has 0 radical (unpaired) electrons. The van der Waals surface area contributed by atoms with Gasteiger partial charge in [-0.05, 0) is 61.1 Å². The molecule has 0 bridgehead atoms. The minimum Gasteiger partial charge on any atom is -0.490 e. The van der Waals surface area contributed by atoms with E-state index in [-0.39, 0.29) is 17.6 Å². The third-order valence-corrected chi connectivity index (χ3v) is 4.93. The molecule has 3 rings (SSSR count). The zero-order valence-electron chi connectivity index (χ0n) is 19.0. The van der Waals surface area contributed by atoms with Crippen LogP contribution in [0.15, 0.2) is 78.9 Å². The van der Waals surface area contributed by atoms with Gasteiger partial charge < -0.3 is 25.2 Å². The van der Waals surface area contributed by atoms with Crippen LogP contribution < -0.4 is 25.4 Å². The molecule has 0 atom stereocenters. The number of aliphatic hydroxyl groups excluding tert-OH is 1. The molecule has 0 heterocycles. The third-order valence-electron chi connectivity index (χ3n) is 4.73. The molecule has 3 aromatic carbocycles. The number of hydrogen-bond donors (Lipinski definition) is 4. The molecule has 0 aliphatic carbocycles. The van der Waals surface area contributed by atoms with Gasteiger partial charge in [0.05, 0.1) is 11.3 Å². The number of nitrogens with one attached hydrogen (secondary N) is 3. The van der Waals surface area contributed by atoms with Gasteiger partial charge in [0.2, 0.25) is 0 Å². The van der Waals surface area contributed by atoms with E-state index in [2.05, 4.69) is 16.0 Å². The third kappa shape index (κ3) is 8.40. The smallest absolute Gasteiger partial charge is 0.257 e. The van der Waals surface area contributed by atoms with E-state index in [1.165, 1.54) is 0 Å². The number of aliphatic hydroxyl groups is 1. The Balaban J connectivity index is 1.52. The van der Waals surface area contributed by atoms with Gasteiger partial charge in [-0.3, -0.25) is 14.9 Å². The van der Waals surface area contributed by atoms with Crippen LogP contribution in [0.3, 0.4) is 0 Å². The van der Waals surface area contributed by atoms with Crippen molar-refractivity contribution in [1.29, 1.82) is 0 Å². The summed E-state index contributed by atoms with van der Waals surface area (Å²) in [6, 6.07) is 23.0. The Bertz CT molecular complexity index is 1140. The first-order valence-electron chi connectivity index (χ1n) is 11.1. The van der Waals surface area contributed by atoms with E-state index in [1.54, 1.807) is 48.5 Å². The Kier molecular flexibility index (Phi) is 10.0. The van der Waals surface area contributed by atoms with Gasteiger partial charge in [-0.1, -0.05) is 36.4 Å². The van der Waals surface area contributed by atoms with E-state index in [0.29, 0.717) is 48.7 Å². The number of anilines is 1. The van der Waals surface area contributed by atoms with Crippen LogP contribution in [0.4, 0.5) is 5.69 Å². The molecule has 0 spiro atoms. The van der Waals surface area contributed by atoms with Crippen LogP contribution in [0.1, 0.15) is 27.1 Å². The molecule has 0 aliphatic rings. The molecule has 0 saturated heterocycles. The van der Waals surface area contributed by atoms with Gasteiger partial charge in [-0.2, -0.15) is 0 Å². The van der Waals surface area contributed by atoms with E-state index in [9.17, 15) is 9.59 Å². The van der Waals surface area contributed by atoms with Crippen LogP contribution in [0, 0.1) is 0 Å². The standard InChI is InChI=1S/C26H27N3O5S/c30-15-7-14-27-25(32)22-12-4-5-13-23(22)28-26(35)29-24(31)19-8-6-11-21(18-19)34-17-16-33-20-9-2-1-3-10-20/h1-6,8-13,18,30H,7,14-17H2,(H,27,32)(H2,28,29,31,35). The number of ether oxygens (including phenoxy) is 2. The Labute approximate surface area is 209 Å². The molecule has 8 nitrogen and oxygen atoms in total. The lowest BCUT2D eigenvalue weighted by atomic mass is 10.1. The summed E-state index contributed by atoms with van der Waals surface area (Å²) in [4.78, 5) is 25.1. The topological polar surface area (TPSA) is 109 Å². The average Bonchev–Trinajstić information content (AvgIpc) is 2.88. The highest BCUT2D eigenvalue weighted by Gasteiger charge is 2.14. The first kappa shape index (κ1) is 25.7. The molecular weight excluding hydrogens is 466 g/mol. The first-order chi connectivity index (χ1) is 17.1. The average molecular weight is 494 g/mol. The highest BCUT2D eigenvalue weighted by molar-refractivity contribution is 7.80. The van der Waals surface area contributed by atoms with Crippen LogP contribution >= 0.6 is 12.2 Å². The normalized spacial score (nSPS) is 10.2. The second-order valence-electron chi connectivity index (χ2n) is 7.32. The molecule has 182 valence electrons. The summed E-state index contributed by atoms with van der Waals surface area (Å²) < 4.78 is 11.3. The summed E-state index contributed by atoms with van der Waals surface area (Å²) in [6.45, 7) is 1.02. The Morgan fingerprint density at radius 2 is 1.51 bits per heavy atom. The van der Waals surface area contributed by atoms with Crippen molar-refractivity contribution in [3.8, 4) is 11.5 Å². The van der Waals surface area contributed by atoms with E-state index in [1.807, 2.05) is 30.3 Å². The van der Waals surface area contributed by atoms with Gasteiger partial charge in [0.1, 0.15) is 24.7 Å². The molecule has 0 fully saturated rings. The second-order valence-corrected chi connectivity index (χ2v) is 7.73. The molecule has 9 heteroatoms. The number of benzene rings is 3. The van der Waals surface area contributed by atoms with Crippen molar-refractivity contribution < 1.29 is 24.2 Å². The number of para-hydroxylation sites is 2. The van der Waals surface area contributed by atoms with Crippen molar-refractivity contribution >= 4 is 34.8 Å². The van der Waals surface area contributed by atoms with E-state index >= 15 is 0 Å². The molecule has 4 N–H and O–H groups in total. The number of thiocarbonyl (C=S) groups is 1.